The number of halogens is 1. The van der Waals surface area contributed by atoms with E-state index >= 15 is 0 Å². The van der Waals surface area contributed by atoms with Gasteiger partial charge < -0.3 is 9.52 Å². The molecule has 0 spiro atoms. The average molecular weight is 391 g/mol. The molecule has 29 heavy (non-hydrogen) atoms. The molecule has 4 rings (SSSR count). The van der Waals surface area contributed by atoms with Crippen LogP contribution in [0.4, 0.5) is 10.1 Å². The second-order valence-electron chi connectivity index (χ2n) is 6.74. The van der Waals surface area contributed by atoms with Crippen LogP contribution in [-0.4, -0.2) is 16.8 Å². The van der Waals surface area contributed by atoms with Crippen LogP contribution in [0.5, 0.6) is 0 Å². The summed E-state index contributed by atoms with van der Waals surface area (Å²) in [5.41, 5.74) is 1.33. The number of ketones is 1. The lowest BCUT2D eigenvalue weighted by Crippen LogP contribution is -2.30. The number of nitrogens with zero attached hydrogens (tertiary/aromatic N) is 1. The van der Waals surface area contributed by atoms with E-state index < -0.39 is 23.5 Å². The maximum atomic E-state index is 13.3. The fraction of sp³-hybridized carbons (Fsp3) is 0.130. The van der Waals surface area contributed by atoms with Crippen LogP contribution in [0.3, 0.4) is 0 Å². The Morgan fingerprint density at radius 2 is 1.76 bits per heavy atom. The largest absolute Gasteiger partial charge is 0.503 e. The Kier molecular flexibility index (Phi) is 4.99. The lowest BCUT2D eigenvalue weighted by atomic mass is 9.96. The first-order chi connectivity index (χ1) is 14.1. The molecular weight excluding hydrogens is 373 g/mol. The Labute approximate surface area is 166 Å². The van der Waals surface area contributed by atoms with Crippen LogP contribution in [0, 0.1) is 5.82 Å². The number of hydrogen-bond donors (Lipinski definition) is 1. The van der Waals surface area contributed by atoms with Crippen molar-refractivity contribution in [2.75, 3.05) is 4.90 Å². The first kappa shape index (κ1) is 18.7. The minimum absolute atomic E-state index is 0.00907. The van der Waals surface area contributed by atoms with Crippen molar-refractivity contribution in [3.05, 3.63) is 101 Å². The highest BCUT2D eigenvalue weighted by Crippen LogP contribution is 2.41. The van der Waals surface area contributed by atoms with Gasteiger partial charge in [-0.25, -0.2) is 4.39 Å². The molecule has 0 fully saturated rings. The highest BCUT2D eigenvalue weighted by atomic mass is 19.1. The third kappa shape index (κ3) is 3.57. The summed E-state index contributed by atoms with van der Waals surface area (Å²) in [6, 6.07) is 17.1. The van der Waals surface area contributed by atoms with E-state index in [4.69, 9.17) is 4.42 Å². The van der Waals surface area contributed by atoms with E-state index in [2.05, 4.69) is 0 Å². The molecule has 0 aliphatic carbocycles. The minimum Gasteiger partial charge on any atom is -0.503 e. The normalized spacial score (nSPS) is 16.5. The molecule has 2 aromatic carbocycles. The molecule has 0 radical (unpaired) electrons. The standard InChI is InChI=1S/C23H18FNO4/c24-16-9-11-17(12-10-16)25-21(19-7-4-14-29-19)20(22(27)23(25)28)18(26)13-8-15-5-2-1-3-6-15/h1-7,9-12,14,21,27H,8,13H2. The summed E-state index contributed by atoms with van der Waals surface area (Å²) in [7, 11) is 0. The number of rotatable bonds is 6. The van der Waals surface area contributed by atoms with E-state index in [1.54, 1.807) is 12.1 Å². The molecule has 1 atom stereocenters. The maximum Gasteiger partial charge on any atom is 0.294 e. The lowest BCUT2D eigenvalue weighted by molar-refractivity contribution is -0.118. The van der Waals surface area contributed by atoms with Crippen molar-refractivity contribution in [1.29, 1.82) is 0 Å². The average Bonchev–Trinajstić information content (AvgIpc) is 3.35. The Morgan fingerprint density at radius 3 is 2.41 bits per heavy atom. The van der Waals surface area contributed by atoms with Gasteiger partial charge in [0.15, 0.2) is 11.5 Å². The van der Waals surface area contributed by atoms with Crippen molar-refractivity contribution in [3.8, 4) is 0 Å². The summed E-state index contributed by atoms with van der Waals surface area (Å²) in [4.78, 5) is 27.1. The van der Waals surface area contributed by atoms with Gasteiger partial charge in [0.1, 0.15) is 17.6 Å². The SMILES string of the molecule is O=C(CCc1ccccc1)C1=C(O)C(=O)N(c2ccc(F)cc2)C1c1ccco1. The third-order valence-electron chi connectivity index (χ3n) is 4.91. The topological polar surface area (TPSA) is 70.8 Å². The highest BCUT2D eigenvalue weighted by Gasteiger charge is 2.45. The van der Waals surface area contributed by atoms with Gasteiger partial charge in [0.05, 0.1) is 11.8 Å². The number of hydrogen-bond acceptors (Lipinski definition) is 4. The van der Waals surface area contributed by atoms with Crippen LogP contribution in [0.25, 0.3) is 0 Å². The lowest BCUT2D eigenvalue weighted by Gasteiger charge is -2.25. The summed E-state index contributed by atoms with van der Waals surface area (Å²) in [6.45, 7) is 0. The Bertz CT molecular complexity index is 1060. The first-order valence-corrected chi connectivity index (χ1v) is 9.19. The molecule has 1 aliphatic rings. The van der Waals surface area contributed by atoms with E-state index in [0.29, 0.717) is 17.9 Å². The predicted molar refractivity (Wildman–Crippen MR) is 105 cm³/mol. The van der Waals surface area contributed by atoms with Crippen molar-refractivity contribution < 1.29 is 23.5 Å². The maximum absolute atomic E-state index is 13.3. The summed E-state index contributed by atoms with van der Waals surface area (Å²) in [6.07, 6.45) is 2.04. The second-order valence-corrected chi connectivity index (χ2v) is 6.74. The number of aliphatic hydroxyl groups is 1. The Hall–Kier alpha value is -3.67. The number of anilines is 1. The number of aryl methyl sites for hydroxylation is 1. The van der Waals surface area contributed by atoms with Crippen LogP contribution in [0.2, 0.25) is 0 Å². The number of Topliss-reactive ketones (excluding diaryl/α,β-unsaturated/α-hetero) is 1. The molecule has 2 heterocycles. The van der Waals surface area contributed by atoms with Gasteiger partial charge in [-0.05, 0) is 48.4 Å². The molecule has 1 N–H and O–H groups in total. The fourth-order valence-corrected chi connectivity index (χ4v) is 3.51. The molecule has 0 bridgehead atoms. The van der Waals surface area contributed by atoms with Gasteiger partial charge in [0.25, 0.3) is 5.91 Å². The summed E-state index contributed by atoms with van der Waals surface area (Å²) in [5.74, 6) is -1.78. The summed E-state index contributed by atoms with van der Waals surface area (Å²) >= 11 is 0. The number of aliphatic hydroxyl groups excluding tert-OH is 1. The van der Waals surface area contributed by atoms with Crippen molar-refractivity contribution in [2.45, 2.75) is 18.9 Å². The molecule has 1 amide bonds. The molecule has 0 saturated carbocycles. The predicted octanol–water partition coefficient (Wildman–Crippen LogP) is 4.52. The van der Waals surface area contributed by atoms with Crippen LogP contribution >= 0.6 is 0 Å². The van der Waals surface area contributed by atoms with Crippen LogP contribution in [0.1, 0.15) is 23.8 Å². The van der Waals surface area contributed by atoms with Crippen molar-refractivity contribution in [1.82, 2.24) is 0 Å². The van der Waals surface area contributed by atoms with E-state index in [-0.39, 0.29) is 17.8 Å². The Balaban J connectivity index is 1.68. The van der Waals surface area contributed by atoms with Gasteiger partial charge in [-0.3, -0.25) is 14.5 Å². The van der Waals surface area contributed by atoms with Crippen molar-refractivity contribution in [3.63, 3.8) is 0 Å². The molecule has 146 valence electrons. The smallest absolute Gasteiger partial charge is 0.294 e. The van der Waals surface area contributed by atoms with E-state index in [0.717, 1.165) is 5.56 Å². The van der Waals surface area contributed by atoms with Crippen molar-refractivity contribution >= 4 is 17.4 Å². The molecule has 5 nitrogen and oxygen atoms in total. The number of carbonyl (C=O) groups excluding carboxylic acids is 2. The van der Waals surface area contributed by atoms with Gasteiger partial charge in [-0.15, -0.1) is 0 Å². The number of carbonyl (C=O) groups is 2. The molecule has 3 aromatic rings. The van der Waals surface area contributed by atoms with E-state index in [1.807, 2.05) is 30.3 Å². The van der Waals surface area contributed by atoms with Gasteiger partial charge in [-0.2, -0.15) is 0 Å². The zero-order valence-corrected chi connectivity index (χ0v) is 15.4. The molecule has 6 heteroatoms. The number of benzene rings is 2. The number of furan rings is 1. The quantitative estimate of drug-likeness (QED) is 0.671. The molecule has 0 saturated heterocycles. The third-order valence-corrected chi connectivity index (χ3v) is 4.91. The molecule has 1 unspecified atom stereocenters. The first-order valence-electron chi connectivity index (χ1n) is 9.19. The van der Waals surface area contributed by atoms with Crippen LogP contribution < -0.4 is 4.90 Å². The number of amides is 1. The molecule has 1 aliphatic heterocycles. The second kappa shape index (κ2) is 7.75. The van der Waals surface area contributed by atoms with Gasteiger partial charge in [-0.1, -0.05) is 30.3 Å². The summed E-state index contributed by atoms with van der Waals surface area (Å²) < 4.78 is 18.8. The van der Waals surface area contributed by atoms with Gasteiger partial charge >= 0.3 is 0 Å². The van der Waals surface area contributed by atoms with Crippen molar-refractivity contribution in [2.24, 2.45) is 0 Å². The molecular formula is C23H18FNO4. The summed E-state index contributed by atoms with van der Waals surface area (Å²) in [5, 5.41) is 10.5. The van der Waals surface area contributed by atoms with Crippen LogP contribution in [-0.2, 0) is 16.0 Å². The van der Waals surface area contributed by atoms with E-state index in [1.165, 1.54) is 35.4 Å². The van der Waals surface area contributed by atoms with Crippen LogP contribution in [0.15, 0.2) is 88.7 Å². The van der Waals surface area contributed by atoms with E-state index in [9.17, 15) is 19.1 Å². The zero-order chi connectivity index (χ0) is 20.4. The zero-order valence-electron chi connectivity index (χ0n) is 15.4. The minimum atomic E-state index is -0.911. The van der Waals surface area contributed by atoms with Gasteiger partial charge in [0.2, 0.25) is 0 Å². The van der Waals surface area contributed by atoms with Gasteiger partial charge in [0, 0.05) is 12.1 Å². The molecule has 1 aromatic heterocycles. The highest BCUT2D eigenvalue weighted by molar-refractivity contribution is 6.16. The fourth-order valence-electron chi connectivity index (χ4n) is 3.51. The monoisotopic (exact) mass is 391 g/mol. The Morgan fingerprint density at radius 1 is 1.03 bits per heavy atom.